The summed E-state index contributed by atoms with van der Waals surface area (Å²) < 4.78 is 0. The van der Waals surface area contributed by atoms with E-state index in [0.29, 0.717) is 25.2 Å². The van der Waals surface area contributed by atoms with Crippen molar-refractivity contribution in [2.24, 2.45) is 5.41 Å². The number of carboxylic acid groups (broad SMARTS) is 1. The van der Waals surface area contributed by atoms with Gasteiger partial charge < -0.3 is 10.4 Å². The van der Waals surface area contributed by atoms with E-state index < -0.39 is 11.4 Å². The summed E-state index contributed by atoms with van der Waals surface area (Å²) in [7, 11) is 0. The highest BCUT2D eigenvalue weighted by Gasteiger charge is 2.34. The lowest BCUT2D eigenvalue weighted by Crippen LogP contribution is -2.37. The van der Waals surface area contributed by atoms with Gasteiger partial charge in [-0.2, -0.15) is 0 Å². The second kappa shape index (κ2) is 5.82. The van der Waals surface area contributed by atoms with E-state index in [1.807, 2.05) is 13.8 Å². The molecule has 0 atom stereocenters. The van der Waals surface area contributed by atoms with Gasteiger partial charge in [-0.25, -0.2) is 4.98 Å². The van der Waals surface area contributed by atoms with Crippen molar-refractivity contribution >= 4 is 23.4 Å². The van der Waals surface area contributed by atoms with E-state index in [0.717, 1.165) is 0 Å². The van der Waals surface area contributed by atoms with E-state index in [9.17, 15) is 9.90 Å². The molecule has 94 valence electrons. The lowest BCUT2D eigenvalue weighted by molar-refractivity contribution is -0.148. The van der Waals surface area contributed by atoms with Crippen molar-refractivity contribution in [3.63, 3.8) is 0 Å². The minimum absolute atomic E-state index is 0.281. The van der Waals surface area contributed by atoms with Crippen molar-refractivity contribution in [3.05, 3.63) is 17.5 Å². The first-order chi connectivity index (χ1) is 8.04. The van der Waals surface area contributed by atoms with Gasteiger partial charge in [-0.05, 0) is 12.8 Å². The monoisotopic (exact) mass is 257 g/mol. The van der Waals surface area contributed by atoms with Crippen LogP contribution in [0.3, 0.4) is 0 Å². The number of rotatable bonds is 6. The molecule has 0 bridgehead atoms. The second-order valence-corrected chi connectivity index (χ2v) is 4.26. The average molecular weight is 258 g/mol. The zero-order valence-electron chi connectivity index (χ0n) is 9.90. The van der Waals surface area contributed by atoms with Gasteiger partial charge in [0.25, 0.3) is 0 Å². The van der Waals surface area contributed by atoms with Gasteiger partial charge >= 0.3 is 5.97 Å². The highest BCUT2D eigenvalue weighted by atomic mass is 35.5. The molecule has 0 aromatic carbocycles. The average Bonchev–Trinajstić information content (AvgIpc) is 2.31. The Morgan fingerprint density at radius 3 is 2.59 bits per heavy atom. The van der Waals surface area contributed by atoms with Crippen LogP contribution in [-0.4, -0.2) is 27.6 Å². The van der Waals surface area contributed by atoms with E-state index >= 15 is 0 Å². The van der Waals surface area contributed by atoms with E-state index in [-0.39, 0.29) is 5.15 Å². The Hall–Kier alpha value is -1.36. The van der Waals surface area contributed by atoms with Crippen LogP contribution in [-0.2, 0) is 4.79 Å². The molecule has 1 rings (SSSR count). The molecule has 0 saturated heterocycles. The van der Waals surface area contributed by atoms with Gasteiger partial charge in [-0.3, -0.25) is 9.78 Å². The number of nitrogens with zero attached hydrogens (tertiary/aromatic N) is 2. The fourth-order valence-electron chi connectivity index (χ4n) is 1.57. The minimum Gasteiger partial charge on any atom is -0.481 e. The molecule has 5 nitrogen and oxygen atoms in total. The first-order valence-corrected chi connectivity index (χ1v) is 5.86. The van der Waals surface area contributed by atoms with Crippen molar-refractivity contribution in [1.29, 1.82) is 0 Å². The number of hydrogen-bond donors (Lipinski definition) is 2. The van der Waals surface area contributed by atoms with Crippen LogP contribution >= 0.6 is 11.6 Å². The highest BCUT2D eigenvalue weighted by molar-refractivity contribution is 6.29. The molecule has 1 aromatic rings. The van der Waals surface area contributed by atoms with Crippen LogP contribution in [0.1, 0.15) is 26.7 Å². The second-order valence-electron chi connectivity index (χ2n) is 3.87. The third-order valence-electron chi connectivity index (χ3n) is 3.02. The van der Waals surface area contributed by atoms with Gasteiger partial charge in [0.1, 0.15) is 11.0 Å². The minimum atomic E-state index is -0.801. The third kappa shape index (κ3) is 3.30. The molecule has 0 aliphatic carbocycles. The van der Waals surface area contributed by atoms with Crippen LogP contribution in [0.5, 0.6) is 0 Å². The van der Waals surface area contributed by atoms with Gasteiger partial charge in [-0.1, -0.05) is 25.4 Å². The topological polar surface area (TPSA) is 75.1 Å². The van der Waals surface area contributed by atoms with Crippen LogP contribution < -0.4 is 5.32 Å². The maximum Gasteiger partial charge on any atom is 0.311 e. The van der Waals surface area contributed by atoms with Crippen molar-refractivity contribution in [3.8, 4) is 0 Å². The number of aliphatic carboxylic acids is 1. The number of anilines is 1. The van der Waals surface area contributed by atoms with Crippen molar-refractivity contribution in [1.82, 2.24) is 9.97 Å². The SMILES string of the molecule is CCC(CC)(CNc1cncc(Cl)n1)C(=O)O. The zero-order chi connectivity index (χ0) is 12.9. The van der Waals surface area contributed by atoms with E-state index in [1.165, 1.54) is 12.4 Å². The number of halogens is 1. The third-order valence-corrected chi connectivity index (χ3v) is 3.20. The molecule has 1 heterocycles. The summed E-state index contributed by atoms with van der Waals surface area (Å²) in [6.07, 6.45) is 4.06. The quantitative estimate of drug-likeness (QED) is 0.819. The van der Waals surface area contributed by atoms with E-state index in [2.05, 4.69) is 15.3 Å². The Bertz CT molecular complexity index is 394. The number of hydrogen-bond acceptors (Lipinski definition) is 4. The molecule has 0 spiro atoms. The first kappa shape index (κ1) is 13.7. The van der Waals surface area contributed by atoms with E-state index in [4.69, 9.17) is 11.6 Å². The number of nitrogens with one attached hydrogen (secondary N) is 1. The molecule has 2 N–H and O–H groups in total. The van der Waals surface area contributed by atoms with Crippen molar-refractivity contribution < 1.29 is 9.90 Å². The van der Waals surface area contributed by atoms with Crippen LogP contribution in [0.15, 0.2) is 12.4 Å². The summed E-state index contributed by atoms with van der Waals surface area (Å²) in [6, 6.07) is 0. The van der Waals surface area contributed by atoms with Crippen LogP contribution in [0, 0.1) is 5.41 Å². The summed E-state index contributed by atoms with van der Waals surface area (Å²) in [4.78, 5) is 19.1. The Morgan fingerprint density at radius 2 is 2.12 bits per heavy atom. The highest BCUT2D eigenvalue weighted by Crippen LogP contribution is 2.27. The molecule has 0 radical (unpaired) electrons. The van der Waals surface area contributed by atoms with Crippen LogP contribution in [0.4, 0.5) is 5.82 Å². The summed E-state index contributed by atoms with van der Waals surface area (Å²) in [5.74, 6) is -0.310. The smallest absolute Gasteiger partial charge is 0.311 e. The largest absolute Gasteiger partial charge is 0.481 e. The molecule has 0 saturated carbocycles. The van der Waals surface area contributed by atoms with Crippen molar-refractivity contribution in [2.45, 2.75) is 26.7 Å². The zero-order valence-corrected chi connectivity index (χ0v) is 10.7. The van der Waals surface area contributed by atoms with Crippen LogP contribution in [0.2, 0.25) is 5.15 Å². The van der Waals surface area contributed by atoms with E-state index in [1.54, 1.807) is 0 Å². The summed E-state index contributed by atoms with van der Waals surface area (Å²) in [6.45, 7) is 4.04. The molecule has 0 fully saturated rings. The van der Waals surface area contributed by atoms with Crippen molar-refractivity contribution in [2.75, 3.05) is 11.9 Å². The molecule has 6 heteroatoms. The number of aromatic nitrogens is 2. The fourth-order valence-corrected chi connectivity index (χ4v) is 1.71. The summed E-state index contributed by atoms with van der Waals surface area (Å²) in [5.41, 5.74) is -0.774. The summed E-state index contributed by atoms with van der Waals surface area (Å²) >= 11 is 5.70. The molecular weight excluding hydrogens is 242 g/mol. The molecule has 0 aliphatic heterocycles. The van der Waals surface area contributed by atoms with Crippen LogP contribution in [0.25, 0.3) is 0 Å². The fraction of sp³-hybridized carbons (Fsp3) is 0.545. The Balaban J connectivity index is 2.74. The Labute approximate surface area is 105 Å². The molecule has 0 aliphatic rings. The van der Waals surface area contributed by atoms with Gasteiger partial charge in [-0.15, -0.1) is 0 Å². The molecular formula is C11H16ClN3O2. The van der Waals surface area contributed by atoms with Gasteiger partial charge in [0.15, 0.2) is 0 Å². The maximum absolute atomic E-state index is 11.3. The Kier molecular flexibility index (Phi) is 4.69. The lowest BCUT2D eigenvalue weighted by atomic mass is 9.82. The predicted octanol–water partition coefficient (Wildman–Crippen LogP) is 2.43. The number of carbonyl (C=O) groups is 1. The molecule has 0 unspecified atom stereocenters. The summed E-state index contributed by atoms with van der Waals surface area (Å²) in [5, 5.41) is 12.5. The maximum atomic E-state index is 11.3. The molecule has 0 amide bonds. The van der Waals surface area contributed by atoms with Gasteiger partial charge in [0.05, 0.1) is 17.8 Å². The standard InChI is InChI=1S/C11H16ClN3O2/c1-3-11(4-2,10(16)17)7-14-9-6-13-5-8(12)15-9/h5-6H,3-4,7H2,1-2H3,(H,14,15)(H,16,17). The first-order valence-electron chi connectivity index (χ1n) is 5.49. The molecule has 1 aromatic heterocycles. The molecule has 17 heavy (non-hydrogen) atoms. The predicted molar refractivity (Wildman–Crippen MR) is 66.2 cm³/mol. The normalized spacial score (nSPS) is 11.2. The lowest BCUT2D eigenvalue weighted by Gasteiger charge is -2.26. The number of carboxylic acids is 1. The van der Waals surface area contributed by atoms with Gasteiger partial charge in [0.2, 0.25) is 0 Å². The van der Waals surface area contributed by atoms with Gasteiger partial charge in [0, 0.05) is 6.54 Å². The Morgan fingerprint density at radius 1 is 1.47 bits per heavy atom.